The molecule has 1 rings (SSSR count). The molecule has 96 valence electrons. The zero-order chi connectivity index (χ0) is 13.3. The fraction of sp³-hybridized carbons (Fsp3) is 0.455. The zero-order valence-electron chi connectivity index (χ0n) is 10.1. The Morgan fingerprint density at radius 2 is 1.94 bits per heavy atom. The smallest absolute Gasteiger partial charge is 0.233 e. The Balaban J connectivity index is 2.87. The highest BCUT2D eigenvalue weighted by Crippen LogP contribution is 2.21. The molecule has 0 spiro atoms. The number of sulfonamides is 1. The lowest BCUT2D eigenvalue weighted by Gasteiger charge is -2.18. The number of halogens is 1. The van der Waals surface area contributed by atoms with Gasteiger partial charge >= 0.3 is 0 Å². The lowest BCUT2D eigenvalue weighted by molar-refractivity contribution is 0.463. The SMILES string of the molecule is CC(C)(C)CS(=O)(=O)Nc1ccc(F)c(N)c1. The molecule has 0 saturated heterocycles. The molecule has 0 aromatic heterocycles. The van der Waals surface area contributed by atoms with Crippen molar-refractivity contribution in [2.45, 2.75) is 20.8 Å². The van der Waals surface area contributed by atoms with Crippen LogP contribution in [0.2, 0.25) is 0 Å². The quantitative estimate of drug-likeness (QED) is 0.818. The predicted octanol–water partition coefficient (Wildman–Crippen LogP) is 2.20. The third-order valence-corrected chi connectivity index (χ3v) is 3.69. The van der Waals surface area contributed by atoms with Gasteiger partial charge in [0.2, 0.25) is 10.0 Å². The summed E-state index contributed by atoms with van der Waals surface area (Å²) < 4.78 is 38.8. The fourth-order valence-corrected chi connectivity index (χ4v) is 3.09. The van der Waals surface area contributed by atoms with Crippen LogP contribution in [0.1, 0.15) is 20.8 Å². The first-order valence-electron chi connectivity index (χ1n) is 5.15. The standard InChI is InChI=1S/C11H17FN2O2S/c1-11(2,3)7-17(15,16)14-8-4-5-9(12)10(13)6-8/h4-6,14H,7,13H2,1-3H3. The third-order valence-electron chi connectivity index (χ3n) is 1.89. The molecule has 0 aliphatic heterocycles. The van der Waals surface area contributed by atoms with Gasteiger partial charge in [0.1, 0.15) is 5.82 Å². The molecule has 0 aliphatic rings. The number of anilines is 2. The summed E-state index contributed by atoms with van der Waals surface area (Å²) in [6, 6.07) is 3.73. The molecule has 1 aromatic carbocycles. The van der Waals surface area contributed by atoms with Crippen molar-refractivity contribution in [1.29, 1.82) is 0 Å². The number of hydrogen-bond acceptors (Lipinski definition) is 3. The Kier molecular flexibility index (Phi) is 3.66. The number of nitrogens with one attached hydrogen (secondary N) is 1. The molecule has 0 saturated carbocycles. The van der Waals surface area contributed by atoms with Crippen molar-refractivity contribution in [3.05, 3.63) is 24.0 Å². The molecule has 4 nitrogen and oxygen atoms in total. The lowest BCUT2D eigenvalue weighted by Crippen LogP contribution is -2.26. The minimum atomic E-state index is -3.45. The molecular weight excluding hydrogens is 243 g/mol. The summed E-state index contributed by atoms with van der Waals surface area (Å²) >= 11 is 0. The van der Waals surface area contributed by atoms with Crippen LogP contribution in [-0.2, 0) is 10.0 Å². The molecule has 3 N–H and O–H groups in total. The summed E-state index contributed by atoms with van der Waals surface area (Å²) in [5.74, 6) is -0.583. The van der Waals surface area contributed by atoms with Crippen LogP contribution in [0.3, 0.4) is 0 Å². The summed E-state index contributed by atoms with van der Waals surface area (Å²) in [5.41, 5.74) is 5.20. The van der Waals surface area contributed by atoms with Gasteiger partial charge < -0.3 is 5.73 Å². The van der Waals surface area contributed by atoms with Gasteiger partial charge in [0.15, 0.2) is 0 Å². The lowest BCUT2D eigenvalue weighted by atomic mass is 10.0. The molecular formula is C11H17FN2O2S. The van der Waals surface area contributed by atoms with Crippen LogP contribution in [0.5, 0.6) is 0 Å². The molecule has 0 amide bonds. The highest BCUT2D eigenvalue weighted by Gasteiger charge is 2.21. The van der Waals surface area contributed by atoms with Gasteiger partial charge in [0, 0.05) is 0 Å². The second kappa shape index (κ2) is 4.52. The van der Waals surface area contributed by atoms with Crippen molar-refractivity contribution in [2.75, 3.05) is 16.2 Å². The Bertz CT molecular complexity index is 507. The van der Waals surface area contributed by atoms with E-state index in [9.17, 15) is 12.8 Å². The van der Waals surface area contributed by atoms with Crippen LogP contribution in [0.25, 0.3) is 0 Å². The Hall–Kier alpha value is -1.30. The number of rotatable bonds is 3. The van der Waals surface area contributed by atoms with E-state index in [4.69, 9.17) is 5.73 Å². The Morgan fingerprint density at radius 1 is 1.35 bits per heavy atom. The van der Waals surface area contributed by atoms with Crippen LogP contribution < -0.4 is 10.5 Å². The number of nitrogen functional groups attached to an aromatic ring is 1. The molecule has 0 aliphatic carbocycles. The van der Waals surface area contributed by atoms with E-state index in [0.29, 0.717) is 0 Å². The van der Waals surface area contributed by atoms with Crippen molar-refractivity contribution in [1.82, 2.24) is 0 Å². The average Bonchev–Trinajstić information content (AvgIpc) is 2.06. The summed E-state index contributed by atoms with van der Waals surface area (Å²) in [7, 11) is -3.45. The summed E-state index contributed by atoms with van der Waals surface area (Å²) in [6.45, 7) is 5.47. The molecule has 0 bridgehead atoms. The van der Waals surface area contributed by atoms with Crippen LogP contribution in [0.4, 0.5) is 15.8 Å². The number of nitrogens with two attached hydrogens (primary N) is 1. The topological polar surface area (TPSA) is 72.2 Å². The van der Waals surface area contributed by atoms with E-state index < -0.39 is 15.8 Å². The van der Waals surface area contributed by atoms with Crippen LogP contribution in [0, 0.1) is 11.2 Å². The Labute approximate surface area is 101 Å². The second-order valence-corrected chi connectivity index (χ2v) is 6.88. The van der Waals surface area contributed by atoms with Gasteiger partial charge in [-0.1, -0.05) is 20.8 Å². The molecule has 0 fully saturated rings. The highest BCUT2D eigenvalue weighted by atomic mass is 32.2. The summed E-state index contributed by atoms with van der Waals surface area (Å²) in [4.78, 5) is 0. The molecule has 1 aromatic rings. The van der Waals surface area contributed by atoms with E-state index in [1.165, 1.54) is 12.1 Å². The van der Waals surface area contributed by atoms with E-state index in [0.717, 1.165) is 6.07 Å². The van der Waals surface area contributed by atoms with Crippen molar-refractivity contribution in [3.63, 3.8) is 0 Å². The molecule has 0 unspecified atom stereocenters. The van der Waals surface area contributed by atoms with Crippen LogP contribution in [-0.4, -0.2) is 14.2 Å². The van der Waals surface area contributed by atoms with E-state index in [2.05, 4.69) is 4.72 Å². The van der Waals surface area contributed by atoms with Crippen molar-refractivity contribution < 1.29 is 12.8 Å². The van der Waals surface area contributed by atoms with E-state index in [1.54, 1.807) is 0 Å². The fourth-order valence-electron chi connectivity index (χ4n) is 1.39. The highest BCUT2D eigenvalue weighted by molar-refractivity contribution is 7.92. The van der Waals surface area contributed by atoms with Crippen molar-refractivity contribution in [3.8, 4) is 0 Å². The first kappa shape index (κ1) is 13.8. The third kappa shape index (κ3) is 4.60. The molecule has 0 atom stereocenters. The van der Waals surface area contributed by atoms with Crippen LogP contribution >= 0.6 is 0 Å². The number of benzene rings is 1. The zero-order valence-corrected chi connectivity index (χ0v) is 10.9. The van der Waals surface area contributed by atoms with Gasteiger partial charge in [-0.15, -0.1) is 0 Å². The van der Waals surface area contributed by atoms with Gasteiger partial charge in [0.05, 0.1) is 17.1 Å². The van der Waals surface area contributed by atoms with Gasteiger partial charge in [-0.05, 0) is 23.6 Å². The first-order valence-corrected chi connectivity index (χ1v) is 6.80. The minimum absolute atomic E-state index is 0.0166. The molecule has 17 heavy (non-hydrogen) atoms. The molecule has 0 heterocycles. The maximum absolute atomic E-state index is 12.9. The second-order valence-electron chi connectivity index (χ2n) is 5.16. The van der Waals surface area contributed by atoms with Crippen molar-refractivity contribution >= 4 is 21.4 Å². The van der Waals surface area contributed by atoms with E-state index in [-0.39, 0.29) is 22.5 Å². The largest absolute Gasteiger partial charge is 0.396 e. The van der Waals surface area contributed by atoms with E-state index >= 15 is 0 Å². The summed E-state index contributed by atoms with van der Waals surface area (Å²) in [5, 5.41) is 0. The maximum Gasteiger partial charge on any atom is 0.233 e. The first-order chi connectivity index (χ1) is 7.59. The monoisotopic (exact) mass is 260 g/mol. The molecule has 0 radical (unpaired) electrons. The average molecular weight is 260 g/mol. The summed E-state index contributed by atoms with van der Waals surface area (Å²) in [6.07, 6.45) is 0. The maximum atomic E-state index is 12.9. The van der Waals surface area contributed by atoms with E-state index in [1.807, 2.05) is 20.8 Å². The van der Waals surface area contributed by atoms with Crippen molar-refractivity contribution in [2.24, 2.45) is 5.41 Å². The van der Waals surface area contributed by atoms with Gasteiger partial charge in [-0.2, -0.15) is 0 Å². The normalized spacial score (nSPS) is 12.5. The predicted molar refractivity (Wildman–Crippen MR) is 67.7 cm³/mol. The molecule has 6 heteroatoms. The van der Waals surface area contributed by atoms with Gasteiger partial charge in [-0.3, -0.25) is 4.72 Å². The van der Waals surface area contributed by atoms with Gasteiger partial charge in [-0.25, -0.2) is 12.8 Å². The minimum Gasteiger partial charge on any atom is -0.396 e. The van der Waals surface area contributed by atoms with Crippen LogP contribution in [0.15, 0.2) is 18.2 Å². The number of hydrogen-bond donors (Lipinski definition) is 2. The van der Waals surface area contributed by atoms with Gasteiger partial charge in [0.25, 0.3) is 0 Å². The Morgan fingerprint density at radius 3 is 2.41 bits per heavy atom.